The van der Waals surface area contributed by atoms with Crippen molar-refractivity contribution in [3.05, 3.63) is 90.9 Å². The van der Waals surface area contributed by atoms with E-state index in [0.717, 1.165) is 70.3 Å². The van der Waals surface area contributed by atoms with E-state index in [1.165, 1.54) is 5.57 Å². The highest BCUT2D eigenvalue weighted by Crippen LogP contribution is 2.28. The lowest BCUT2D eigenvalue weighted by Crippen LogP contribution is -2.35. The average Bonchev–Trinajstić information content (AvgIpc) is 3.27. The Kier molecular flexibility index (Phi) is 7.20. The highest BCUT2D eigenvalue weighted by molar-refractivity contribution is 8.27. The summed E-state index contributed by atoms with van der Waals surface area (Å²) in [5.74, 6) is 10.8. The Labute approximate surface area is 203 Å². The Morgan fingerprint density at radius 2 is 2.03 bits per heavy atom. The summed E-state index contributed by atoms with van der Waals surface area (Å²) in [4.78, 5) is 6.63. The molecule has 0 atom stereocenters. The van der Waals surface area contributed by atoms with Crippen molar-refractivity contribution >= 4 is 48.8 Å². The van der Waals surface area contributed by atoms with E-state index in [0.29, 0.717) is 0 Å². The van der Waals surface area contributed by atoms with Gasteiger partial charge >= 0.3 is 0 Å². The van der Waals surface area contributed by atoms with Gasteiger partial charge in [-0.25, -0.2) is 9.21 Å². The number of H-pyrrole nitrogens is 1. The van der Waals surface area contributed by atoms with Crippen LogP contribution in [0.5, 0.6) is 0 Å². The number of nitrogens with one attached hydrogen (secondary N) is 2. The normalized spacial score (nSPS) is 17.0. The molecular formula is C28H33N5S. The molecular weight excluding hydrogens is 438 g/mol. The molecule has 1 aliphatic heterocycles. The fourth-order valence-electron chi connectivity index (χ4n) is 4.07. The van der Waals surface area contributed by atoms with Crippen molar-refractivity contribution in [1.82, 2.24) is 20.1 Å². The summed E-state index contributed by atoms with van der Waals surface area (Å²) in [6, 6.07) is 10.2. The molecule has 2 N–H and O–H groups in total. The van der Waals surface area contributed by atoms with Crippen molar-refractivity contribution in [3.63, 3.8) is 0 Å². The maximum atomic E-state index is 4.51. The van der Waals surface area contributed by atoms with Crippen molar-refractivity contribution in [2.45, 2.75) is 6.92 Å². The highest BCUT2D eigenvalue weighted by atomic mass is 32.2. The van der Waals surface area contributed by atoms with Crippen LogP contribution in [0.15, 0.2) is 79.7 Å². The van der Waals surface area contributed by atoms with Gasteiger partial charge in [0.05, 0.1) is 23.1 Å². The molecule has 176 valence electrons. The van der Waals surface area contributed by atoms with E-state index in [9.17, 15) is 0 Å². The summed E-state index contributed by atoms with van der Waals surface area (Å²) in [5.41, 5.74) is 6.85. The Bertz CT molecular complexity index is 1350. The first-order valence-corrected chi connectivity index (χ1v) is 13.7. The Morgan fingerprint density at radius 3 is 2.71 bits per heavy atom. The number of nitrogens with zero attached hydrogens (tertiary/aromatic N) is 3. The van der Waals surface area contributed by atoms with Crippen LogP contribution in [-0.4, -0.2) is 63.0 Å². The number of allylic oxidation sites excluding steroid dienone is 3. The fourth-order valence-corrected chi connectivity index (χ4v) is 5.57. The lowest BCUT2D eigenvalue weighted by molar-refractivity contribution is 0.330. The van der Waals surface area contributed by atoms with E-state index in [4.69, 9.17) is 0 Å². The van der Waals surface area contributed by atoms with E-state index >= 15 is 0 Å². The van der Waals surface area contributed by atoms with Crippen LogP contribution in [0.4, 0.5) is 5.69 Å². The number of pyridine rings is 1. The number of hydrogen-bond donors (Lipinski definition) is 2. The topological polar surface area (TPSA) is 56.8 Å². The van der Waals surface area contributed by atoms with Crippen LogP contribution in [0.25, 0.3) is 22.2 Å². The van der Waals surface area contributed by atoms with E-state index in [2.05, 4.69) is 87.6 Å². The minimum Gasteiger partial charge on any atom is -0.353 e. The molecule has 0 saturated carbocycles. The first-order chi connectivity index (χ1) is 16.4. The van der Waals surface area contributed by atoms with Gasteiger partial charge < -0.3 is 5.32 Å². The molecule has 5 nitrogen and oxygen atoms in total. The quantitative estimate of drug-likeness (QED) is 0.335. The van der Waals surface area contributed by atoms with Gasteiger partial charge in [0.1, 0.15) is 5.69 Å². The zero-order chi connectivity index (χ0) is 24.1. The van der Waals surface area contributed by atoms with Crippen LogP contribution in [0, 0.1) is 0 Å². The molecule has 0 radical (unpaired) electrons. The van der Waals surface area contributed by atoms with Crippen molar-refractivity contribution in [1.29, 1.82) is 0 Å². The summed E-state index contributed by atoms with van der Waals surface area (Å²) in [7, 11) is -0.898. The Balaban J connectivity index is 1.57. The van der Waals surface area contributed by atoms with Crippen molar-refractivity contribution in [2.75, 3.05) is 36.5 Å². The molecule has 0 bridgehead atoms. The predicted molar refractivity (Wildman–Crippen MR) is 153 cm³/mol. The summed E-state index contributed by atoms with van der Waals surface area (Å²) >= 11 is 0. The van der Waals surface area contributed by atoms with Gasteiger partial charge in [-0.3, -0.25) is 15.0 Å². The van der Waals surface area contributed by atoms with E-state index in [-0.39, 0.29) is 0 Å². The second kappa shape index (κ2) is 10.3. The monoisotopic (exact) mass is 471 g/mol. The van der Waals surface area contributed by atoms with Gasteiger partial charge in [-0.2, -0.15) is 5.10 Å². The molecule has 6 heteroatoms. The third-order valence-electron chi connectivity index (χ3n) is 6.14. The van der Waals surface area contributed by atoms with Gasteiger partial charge in [0.2, 0.25) is 0 Å². The van der Waals surface area contributed by atoms with Gasteiger partial charge in [-0.1, -0.05) is 49.2 Å². The number of hydrogen-bond acceptors (Lipinski definition) is 4. The molecule has 1 aromatic carbocycles. The van der Waals surface area contributed by atoms with E-state index < -0.39 is 9.21 Å². The third-order valence-corrected chi connectivity index (χ3v) is 8.24. The zero-order valence-electron chi connectivity index (χ0n) is 19.9. The second-order valence-corrected chi connectivity index (χ2v) is 12.0. The van der Waals surface area contributed by atoms with Crippen LogP contribution in [0.3, 0.4) is 0 Å². The number of anilines is 1. The standard InChI is InChI=1S/C28H33N5S/c1-6-22(20-33-13-15-34(4,5)16-14-33)17-23(7-2)24-10-11-27-26(18-24)28(32-31-27)21(3)30-25-9-8-12-29-19-25/h6-12,17-19,30H,1,3-5,13-16,20H2,2H3,(H,31,32)/b22-17+,23-7+. The molecule has 4 rings (SSSR count). The lowest BCUT2D eigenvalue weighted by atomic mass is 10.00. The largest absolute Gasteiger partial charge is 0.353 e. The van der Waals surface area contributed by atoms with Crippen LogP contribution in [-0.2, 0) is 0 Å². The van der Waals surface area contributed by atoms with Gasteiger partial charge in [0.15, 0.2) is 0 Å². The molecule has 1 fully saturated rings. The van der Waals surface area contributed by atoms with E-state index in [1.54, 1.807) is 12.4 Å². The molecule has 1 aliphatic rings. The van der Waals surface area contributed by atoms with Crippen molar-refractivity contribution < 1.29 is 0 Å². The smallest absolute Gasteiger partial charge is 0.116 e. The van der Waals surface area contributed by atoms with E-state index in [1.807, 2.05) is 18.2 Å². The first-order valence-electron chi connectivity index (χ1n) is 11.4. The van der Waals surface area contributed by atoms with Crippen LogP contribution < -0.4 is 5.32 Å². The maximum Gasteiger partial charge on any atom is 0.116 e. The molecule has 3 heterocycles. The molecule has 1 saturated heterocycles. The minimum absolute atomic E-state index is 0.722. The summed E-state index contributed by atoms with van der Waals surface area (Å²) in [6.45, 7) is 13.3. The van der Waals surface area contributed by atoms with Crippen LogP contribution in [0.1, 0.15) is 18.2 Å². The van der Waals surface area contributed by atoms with Gasteiger partial charge in [0.25, 0.3) is 0 Å². The first kappa shape index (κ1) is 23.8. The molecule has 0 amide bonds. The minimum atomic E-state index is -0.898. The number of fused-ring (bicyclic) bond motifs is 1. The Hall–Kier alpha value is -3.35. The predicted octanol–water partition coefficient (Wildman–Crippen LogP) is 5.54. The van der Waals surface area contributed by atoms with Gasteiger partial charge in [-0.15, -0.1) is 0 Å². The van der Waals surface area contributed by atoms with Crippen LogP contribution in [0.2, 0.25) is 0 Å². The lowest BCUT2D eigenvalue weighted by Gasteiger charge is -2.31. The molecule has 0 unspecified atom stereocenters. The molecule has 0 spiro atoms. The second-order valence-electron chi connectivity index (χ2n) is 8.75. The molecule has 2 aromatic heterocycles. The average molecular weight is 472 g/mol. The maximum absolute atomic E-state index is 4.51. The highest BCUT2D eigenvalue weighted by Gasteiger charge is 2.15. The van der Waals surface area contributed by atoms with Crippen molar-refractivity contribution in [2.24, 2.45) is 0 Å². The molecule has 0 aliphatic carbocycles. The number of rotatable bonds is 8. The summed E-state index contributed by atoms with van der Waals surface area (Å²) < 4.78 is 0. The summed E-state index contributed by atoms with van der Waals surface area (Å²) in [5, 5.41) is 12.0. The number of aromatic nitrogens is 3. The fraction of sp³-hybridized carbons (Fsp3) is 0.214. The number of benzene rings is 1. The van der Waals surface area contributed by atoms with Crippen molar-refractivity contribution in [3.8, 4) is 0 Å². The van der Waals surface area contributed by atoms with Gasteiger partial charge in [-0.05, 0) is 59.4 Å². The SMILES string of the molecule is C=C/C(=C\C(=C/C)c1ccc2[nH]nc(C(=C)Nc3cccnc3)c2c1)CN1CCS(=C)(=C)CC1. The number of aromatic amines is 1. The summed E-state index contributed by atoms with van der Waals surface area (Å²) in [6.07, 6.45) is 9.86. The van der Waals surface area contributed by atoms with Crippen LogP contribution >= 0.6 is 9.21 Å². The van der Waals surface area contributed by atoms with Gasteiger partial charge in [0, 0.05) is 31.2 Å². The molecule has 3 aromatic rings. The molecule has 34 heavy (non-hydrogen) atoms. The zero-order valence-corrected chi connectivity index (χ0v) is 20.7. The Morgan fingerprint density at radius 1 is 1.24 bits per heavy atom. The third kappa shape index (κ3) is 5.58.